The molecule has 1 aromatic heterocycles. The molecule has 5 nitrogen and oxygen atoms in total. The van der Waals surface area contributed by atoms with E-state index in [2.05, 4.69) is 19.2 Å². The number of nitrogens with one attached hydrogen (secondary N) is 1. The monoisotopic (exact) mass is 480 g/mol. The molecule has 1 aliphatic heterocycles. The lowest BCUT2D eigenvalue weighted by Gasteiger charge is -2.24. The molecule has 0 spiro atoms. The fraction of sp³-hybridized carbons (Fsp3) is 0.679. The van der Waals surface area contributed by atoms with Crippen molar-refractivity contribution >= 4 is 34.1 Å². The first-order valence-electron chi connectivity index (χ1n) is 13.5. The summed E-state index contributed by atoms with van der Waals surface area (Å²) < 4.78 is 0. The minimum atomic E-state index is -0.229. The minimum Gasteiger partial charge on any atom is -0.349 e. The van der Waals surface area contributed by atoms with E-state index in [0.717, 1.165) is 69.8 Å². The van der Waals surface area contributed by atoms with Crippen molar-refractivity contribution in [2.45, 2.75) is 96.9 Å². The molecule has 4 fully saturated rings. The van der Waals surface area contributed by atoms with Gasteiger partial charge in [0.15, 0.2) is 0 Å². The molecular formula is C28H36N2O3S. The number of carbonyl (C=O) groups excluding carboxylic acids is 3. The summed E-state index contributed by atoms with van der Waals surface area (Å²) in [5.41, 5.74) is 4.40. The van der Waals surface area contributed by atoms with E-state index >= 15 is 0 Å². The standard InChI is InChI=1S/C28H36N2O3S/c1-15(2)21-18-13-14-19(21)23-22(18)26(32)30(27(23)33)28-24(17-11-7-4-8-12-20(17)34-28)25(31)29-16-9-5-3-6-10-16/h16,18-19,22-23H,3-14H2,1-2H3,(H,29,31)/t18-,19-,22-,23-/m1/s1. The second-order valence-electron chi connectivity index (χ2n) is 11.4. The van der Waals surface area contributed by atoms with E-state index in [1.54, 1.807) is 11.3 Å². The van der Waals surface area contributed by atoms with Gasteiger partial charge in [-0.25, -0.2) is 4.90 Å². The average Bonchev–Trinajstić information content (AvgIpc) is 3.50. The summed E-state index contributed by atoms with van der Waals surface area (Å²) in [7, 11) is 0. The van der Waals surface area contributed by atoms with Crippen LogP contribution in [0.3, 0.4) is 0 Å². The van der Waals surface area contributed by atoms with Gasteiger partial charge in [0, 0.05) is 10.9 Å². The molecule has 0 unspecified atom stereocenters. The number of carbonyl (C=O) groups is 3. The van der Waals surface area contributed by atoms with Crippen LogP contribution in [0.5, 0.6) is 0 Å². The Labute approximate surface area is 206 Å². The maximum atomic E-state index is 13.9. The van der Waals surface area contributed by atoms with Gasteiger partial charge in [-0.2, -0.15) is 0 Å². The Hall–Kier alpha value is -1.95. The van der Waals surface area contributed by atoms with E-state index in [1.165, 1.54) is 33.8 Å². The van der Waals surface area contributed by atoms with Crippen LogP contribution in [-0.4, -0.2) is 23.8 Å². The highest BCUT2D eigenvalue weighted by Crippen LogP contribution is 2.61. The average molecular weight is 481 g/mol. The number of allylic oxidation sites excluding steroid dienone is 2. The van der Waals surface area contributed by atoms with Crippen molar-refractivity contribution < 1.29 is 14.4 Å². The first kappa shape index (κ1) is 22.5. The summed E-state index contributed by atoms with van der Waals surface area (Å²) in [6.07, 6.45) is 12.8. The van der Waals surface area contributed by atoms with Gasteiger partial charge in [-0.3, -0.25) is 14.4 Å². The van der Waals surface area contributed by atoms with Crippen LogP contribution in [0, 0.1) is 23.7 Å². The first-order chi connectivity index (χ1) is 16.5. The van der Waals surface area contributed by atoms with Gasteiger partial charge in [0.2, 0.25) is 11.8 Å². The molecular weight excluding hydrogens is 444 g/mol. The van der Waals surface area contributed by atoms with Gasteiger partial charge in [-0.1, -0.05) is 36.8 Å². The zero-order chi connectivity index (χ0) is 23.6. The number of aryl methyl sites for hydroxylation is 1. The SMILES string of the molecule is CC(C)=C1[C@H]2CC[C@H]1[C@H]1C(=O)N(c3sc4c(c3C(=O)NC3CCCCC3)CCCCC4)C(=O)[C@@H]12. The molecule has 4 atom stereocenters. The minimum absolute atomic E-state index is 0.0518. The second-order valence-corrected chi connectivity index (χ2v) is 12.4. The molecule has 3 amide bonds. The maximum absolute atomic E-state index is 13.9. The Balaban J connectivity index is 1.38. The van der Waals surface area contributed by atoms with E-state index in [-0.39, 0.29) is 47.4 Å². The summed E-state index contributed by atoms with van der Waals surface area (Å²) in [6.45, 7) is 4.25. The number of hydrogen-bond acceptors (Lipinski definition) is 4. The highest BCUT2D eigenvalue weighted by molar-refractivity contribution is 7.17. The fourth-order valence-corrected chi connectivity index (χ4v) is 9.21. The normalized spacial score (nSPS) is 31.0. The quantitative estimate of drug-likeness (QED) is 0.350. The van der Waals surface area contributed by atoms with Crippen molar-refractivity contribution in [1.29, 1.82) is 0 Å². The van der Waals surface area contributed by atoms with Crippen LogP contribution in [0.2, 0.25) is 0 Å². The lowest BCUT2D eigenvalue weighted by molar-refractivity contribution is -0.122. The molecule has 6 rings (SSSR count). The number of anilines is 1. The second kappa shape index (κ2) is 8.61. The molecule has 0 aromatic carbocycles. The van der Waals surface area contributed by atoms with Crippen LogP contribution in [-0.2, 0) is 22.4 Å². The summed E-state index contributed by atoms with van der Waals surface area (Å²) in [5.74, 6) is -0.211. The Kier molecular flexibility index (Phi) is 5.70. The van der Waals surface area contributed by atoms with E-state index in [1.807, 2.05) is 0 Å². The van der Waals surface area contributed by atoms with Gasteiger partial charge in [0.25, 0.3) is 5.91 Å². The molecule has 182 valence electrons. The number of imide groups is 1. The van der Waals surface area contributed by atoms with Crippen molar-refractivity contribution in [1.82, 2.24) is 5.32 Å². The summed E-state index contributed by atoms with van der Waals surface area (Å²) >= 11 is 1.55. The van der Waals surface area contributed by atoms with Gasteiger partial charge in [0.1, 0.15) is 5.00 Å². The lowest BCUT2D eigenvalue weighted by atomic mass is 9.81. The van der Waals surface area contributed by atoms with Crippen molar-refractivity contribution in [3.63, 3.8) is 0 Å². The molecule has 1 N–H and O–H groups in total. The largest absolute Gasteiger partial charge is 0.349 e. The summed E-state index contributed by atoms with van der Waals surface area (Å²) in [4.78, 5) is 44.1. The number of thiophene rings is 1. The van der Waals surface area contributed by atoms with Gasteiger partial charge in [-0.15, -0.1) is 11.3 Å². The van der Waals surface area contributed by atoms with E-state index in [9.17, 15) is 14.4 Å². The molecule has 2 heterocycles. The third kappa shape index (κ3) is 3.35. The molecule has 0 radical (unpaired) electrons. The molecule has 34 heavy (non-hydrogen) atoms. The molecule has 4 aliphatic carbocycles. The third-order valence-corrected chi connectivity index (χ3v) is 10.5. The molecule has 6 heteroatoms. The Morgan fingerprint density at radius 1 is 0.853 bits per heavy atom. The fourth-order valence-electron chi connectivity index (χ4n) is 7.82. The predicted octanol–water partition coefficient (Wildman–Crippen LogP) is 5.56. The van der Waals surface area contributed by atoms with Crippen molar-refractivity contribution in [3.05, 3.63) is 27.2 Å². The summed E-state index contributed by atoms with van der Waals surface area (Å²) in [5, 5.41) is 3.93. The lowest BCUT2D eigenvalue weighted by Crippen LogP contribution is -2.38. The van der Waals surface area contributed by atoms with E-state index in [0.29, 0.717) is 10.6 Å². The molecule has 3 saturated carbocycles. The molecule has 5 aliphatic rings. The number of rotatable bonds is 3. The van der Waals surface area contributed by atoms with Crippen molar-refractivity contribution in [2.24, 2.45) is 23.7 Å². The first-order valence-corrected chi connectivity index (χ1v) is 14.3. The number of fused-ring (bicyclic) bond motifs is 6. The van der Waals surface area contributed by atoms with Crippen LogP contribution < -0.4 is 10.2 Å². The Morgan fingerprint density at radius 2 is 1.47 bits per heavy atom. The van der Waals surface area contributed by atoms with Gasteiger partial charge in [-0.05, 0) is 82.6 Å². The maximum Gasteiger partial charge on any atom is 0.254 e. The summed E-state index contributed by atoms with van der Waals surface area (Å²) in [6, 6.07) is 0.204. The Bertz CT molecular complexity index is 1040. The predicted molar refractivity (Wildman–Crippen MR) is 134 cm³/mol. The van der Waals surface area contributed by atoms with Crippen molar-refractivity contribution in [2.75, 3.05) is 4.90 Å². The number of amides is 3. The van der Waals surface area contributed by atoms with Crippen molar-refractivity contribution in [3.8, 4) is 0 Å². The zero-order valence-corrected chi connectivity index (χ0v) is 21.3. The van der Waals surface area contributed by atoms with Crippen LogP contribution in [0.4, 0.5) is 5.00 Å². The molecule has 1 saturated heterocycles. The van der Waals surface area contributed by atoms with Crippen LogP contribution in [0.25, 0.3) is 0 Å². The topological polar surface area (TPSA) is 66.5 Å². The number of nitrogens with zero attached hydrogens (tertiary/aromatic N) is 1. The number of hydrogen-bond donors (Lipinski definition) is 1. The third-order valence-electron chi connectivity index (χ3n) is 9.20. The highest BCUT2D eigenvalue weighted by Gasteiger charge is 2.64. The zero-order valence-electron chi connectivity index (χ0n) is 20.5. The van der Waals surface area contributed by atoms with Gasteiger partial charge >= 0.3 is 0 Å². The molecule has 1 aromatic rings. The van der Waals surface area contributed by atoms with Gasteiger partial charge in [0.05, 0.1) is 17.4 Å². The highest BCUT2D eigenvalue weighted by atomic mass is 32.1. The van der Waals surface area contributed by atoms with Crippen LogP contribution >= 0.6 is 11.3 Å². The van der Waals surface area contributed by atoms with Crippen LogP contribution in [0.1, 0.15) is 98.9 Å². The Morgan fingerprint density at radius 3 is 2.12 bits per heavy atom. The smallest absolute Gasteiger partial charge is 0.254 e. The van der Waals surface area contributed by atoms with E-state index in [4.69, 9.17) is 0 Å². The molecule has 2 bridgehead atoms. The van der Waals surface area contributed by atoms with Crippen LogP contribution in [0.15, 0.2) is 11.1 Å². The van der Waals surface area contributed by atoms with Gasteiger partial charge < -0.3 is 5.32 Å². The van der Waals surface area contributed by atoms with E-state index < -0.39 is 0 Å².